The highest BCUT2D eigenvalue weighted by Gasteiger charge is 2.18. The van der Waals surface area contributed by atoms with Gasteiger partial charge in [0.15, 0.2) is 5.65 Å². The van der Waals surface area contributed by atoms with Crippen LogP contribution in [0.3, 0.4) is 0 Å². The average Bonchev–Trinajstić information content (AvgIpc) is 2.93. The van der Waals surface area contributed by atoms with Gasteiger partial charge in [0, 0.05) is 35.9 Å². The summed E-state index contributed by atoms with van der Waals surface area (Å²) >= 11 is 5.97. The van der Waals surface area contributed by atoms with Crippen molar-refractivity contribution in [2.24, 2.45) is 7.05 Å². The van der Waals surface area contributed by atoms with Crippen molar-refractivity contribution in [1.82, 2.24) is 19.3 Å². The van der Waals surface area contributed by atoms with E-state index in [2.05, 4.69) is 17.0 Å². The third kappa shape index (κ3) is 2.69. The van der Waals surface area contributed by atoms with Crippen LogP contribution in [0.2, 0.25) is 0 Å². The minimum atomic E-state index is -0.788. The molecule has 0 saturated carbocycles. The molecule has 2 aromatic heterocycles. The Morgan fingerprint density at radius 3 is 2.68 bits per heavy atom. The van der Waals surface area contributed by atoms with Gasteiger partial charge in [0.1, 0.15) is 11.3 Å². The summed E-state index contributed by atoms with van der Waals surface area (Å²) in [6.45, 7) is 4.66. The van der Waals surface area contributed by atoms with Crippen LogP contribution in [0.25, 0.3) is 11.2 Å². The minimum Gasteiger partial charge on any atom is -0.311 e. The van der Waals surface area contributed by atoms with E-state index >= 15 is 0 Å². The Balaban J connectivity index is 2.45. The third-order valence-electron chi connectivity index (χ3n) is 3.19. The van der Waals surface area contributed by atoms with Gasteiger partial charge in [-0.3, -0.25) is 8.89 Å². The summed E-state index contributed by atoms with van der Waals surface area (Å²) in [4.78, 5) is 4.58. The fourth-order valence-electron chi connectivity index (χ4n) is 2.20. The zero-order valence-corrected chi connectivity index (χ0v) is 13.1. The molecule has 0 aliphatic carbocycles. The highest BCUT2D eigenvalue weighted by molar-refractivity contribution is 7.84. The first-order chi connectivity index (χ1) is 9.12. The highest BCUT2D eigenvalue weighted by atomic mass is 35.5. The molecular formula is C12H19ClN4OS. The Morgan fingerprint density at radius 1 is 1.37 bits per heavy atom. The first-order valence-electron chi connectivity index (χ1n) is 6.44. The average molecular weight is 303 g/mol. The number of aromatic nitrogens is 4. The summed E-state index contributed by atoms with van der Waals surface area (Å²) in [5, 5.41) is 4.47. The van der Waals surface area contributed by atoms with Gasteiger partial charge in [-0.15, -0.1) is 11.6 Å². The predicted molar refractivity (Wildman–Crippen MR) is 79.0 cm³/mol. The number of hydrogen-bond donors (Lipinski definition) is 0. The number of alkyl halides is 1. The standard InChI is InChI=1S/C12H19ClN4OS/c1-4-9-11-12(16(3)15-9)17(10(8-13)14-11)6-7-19(18)5-2/h4-8H2,1-3H3. The molecule has 2 aromatic rings. The molecule has 0 fully saturated rings. The molecule has 1 atom stereocenters. The Kier molecular flexibility index (Phi) is 4.62. The van der Waals surface area contributed by atoms with Gasteiger partial charge in [-0.1, -0.05) is 13.8 Å². The van der Waals surface area contributed by atoms with E-state index in [4.69, 9.17) is 11.6 Å². The zero-order chi connectivity index (χ0) is 14.0. The molecule has 2 heterocycles. The largest absolute Gasteiger partial charge is 0.311 e. The molecule has 1 unspecified atom stereocenters. The monoisotopic (exact) mass is 302 g/mol. The maximum atomic E-state index is 11.6. The van der Waals surface area contributed by atoms with Gasteiger partial charge >= 0.3 is 0 Å². The first-order valence-corrected chi connectivity index (χ1v) is 8.46. The quantitative estimate of drug-likeness (QED) is 0.765. The van der Waals surface area contributed by atoms with Crippen molar-refractivity contribution < 1.29 is 4.21 Å². The van der Waals surface area contributed by atoms with Crippen LogP contribution in [0.5, 0.6) is 0 Å². The molecular weight excluding hydrogens is 284 g/mol. The Hall–Kier alpha value is -0.880. The third-order valence-corrected chi connectivity index (χ3v) is 4.71. The minimum absolute atomic E-state index is 0.358. The van der Waals surface area contributed by atoms with Gasteiger partial charge in [0.05, 0.1) is 11.6 Å². The maximum Gasteiger partial charge on any atom is 0.158 e. The number of imidazole rings is 1. The lowest BCUT2D eigenvalue weighted by atomic mass is 10.3. The van der Waals surface area contributed by atoms with Crippen molar-refractivity contribution in [3.8, 4) is 0 Å². The van der Waals surface area contributed by atoms with Crippen molar-refractivity contribution in [2.45, 2.75) is 32.7 Å². The van der Waals surface area contributed by atoms with E-state index in [0.717, 1.165) is 29.1 Å². The van der Waals surface area contributed by atoms with Crippen LogP contribution in [0.15, 0.2) is 0 Å². The number of nitrogens with zero attached hydrogens (tertiary/aromatic N) is 4. The molecule has 5 nitrogen and oxygen atoms in total. The van der Waals surface area contributed by atoms with E-state index in [1.807, 2.05) is 23.2 Å². The van der Waals surface area contributed by atoms with Gasteiger partial charge in [-0.05, 0) is 6.42 Å². The molecule has 0 N–H and O–H groups in total. The second-order valence-electron chi connectivity index (χ2n) is 4.34. The van der Waals surface area contributed by atoms with E-state index in [1.165, 1.54) is 0 Å². The normalized spacial score (nSPS) is 13.3. The van der Waals surface area contributed by atoms with Gasteiger partial charge in [0.2, 0.25) is 0 Å². The molecule has 19 heavy (non-hydrogen) atoms. The second kappa shape index (κ2) is 6.05. The number of hydrogen-bond acceptors (Lipinski definition) is 3. The lowest BCUT2D eigenvalue weighted by molar-refractivity contribution is 0.662. The maximum absolute atomic E-state index is 11.6. The number of aryl methyl sites for hydroxylation is 3. The van der Waals surface area contributed by atoms with Crippen LogP contribution in [-0.2, 0) is 36.7 Å². The molecule has 0 saturated heterocycles. The molecule has 0 aromatic carbocycles. The van der Waals surface area contributed by atoms with Gasteiger partial charge in [0.25, 0.3) is 0 Å². The second-order valence-corrected chi connectivity index (χ2v) is 6.47. The van der Waals surface area contributed by atoms with E-state index < -0.39 is 10.8 Å². The van der Waals surface area contributed by atoms with Crippen LogP contribution >= 0.6 is 11.6 Å². The summed E-state index contributed by atoms with van der Waals surface area (Å²) in [7, 11) is 1.12. The molecule has 0 radical (unpaired) electrons. The van der Waals surface area contributed by atoms with Crippen LogP contribution in [0.4, 0.5) is 0 Å². The zero-order valence-electron chi connectivity index (χ0n) is 11.5. The van der Waals surface area contributed by atoms with Crippen molar-refractivity contribution in [3.63, 3.8) is 0 Å². The molecule has 0 spiro atoms. The Labute approximate surface area is 120 Å². The molecule has 0 aliphatic rings. The lowest BCUT2D eigenvalue weighted by Crippen LogP contribution is -2.13. The molecule has 0 bridgehead atoms. The SMILES string of the molecule is CCc1nn(C)c2c1nc(CCl)n2CCS(=O)CC. The Bertz CT molecular complexity index is 604. The van der Waals surface area contributed by atoms with Crippen LogP contribution in [0, 0.1) is 0 Å². The van der Waals surface area contributed by atoms with Crippen LogP contribution in [0.1, 0.15) is 25.4 Å². The van der Waals surface area contributed by atoms with Gasteiger partial charge < -0.3 is 4.57 Å². The van der Waals surface area contributed by atoms with E-state index in [-0.39, 0.29) is 0 Å². The summed E-state index contributed by atoms with van der Waals surface area (Å²) in [6, 6.07) is 0. The van der Waals surface area contributed by atoms with Crippen LogP contribution < -0.4 is 0 Å². The molecule has 0 aliphatic heterocycles. The number of rotatable bonds is 6. The van der Waals surface area contributed by atoms with Crippen LogP contribution in [-0.4, -0.2) is 35.0 Å². The molecule has 7 heteroatoms. The topological polar surface area (TPSA) is 52.7 Å². The van der Waals surface area contributed by atoms with Crippen molar-refractivity contribution in [2.75, 3.05) is 11.5 Å². The summed E-state index contributed by atoms with van der Waals surface area (Å²) in [6.07, 6.45) is 0.844. The van der Waals surface area contributed by atoms with Gasteiger partial charge in [-0.25, -0.2) is 4.98 Å². The number of fused-ring (bicyclic) bond motifs is 1. The molecule has 0 amide bonds. The fraction of sp³-hybridized carbons (Fsp3) is 0.667. The summed E-state index contributed by atoms with van der Waals surface area (Å²) in [5.41, 5.74) is 2.88. The van der Waals surface area contributed by atoms with Crippen molar-refractivity contribution in [1.29, 1.82) is 0 Å². The van der Waals surface area contributed by atoms with E-state index in [0.29, 0.717) is 23.9 Å². The summed E-state index contributed by atoms with van der Waals surface area (Å²) < 4.78 is 15.5. The number of halogens is 1. The lowest BCUT2D eigenvalue weighted by Gasteiger charge is -2.07. The Morgan fingerprint density at radius 2 is 2.11 bits per heavy atom. The predicted octanol–water partition coefficient (Wildman–Crippen LogP) is 1.84. The molecule has 2 rings (SSSR count). The fourth-order valence-corrected chi connectivity index (χ4v) is 3.08. The van der Waals surface area contributed by atoms with Crippen molar-refractivity contribution in [3.05, 3.63) is 11.5 Å². The van der Waals surface area contributed by atoms with Crippen molar-refractivity contribution >= 4 is 33.6 Å². The van der Waals surface area contributed by atoms with Gasteiger partial charge in [-0.2, -0.15) is 5.10 Å². The van der Waals surface area contributed by atoms with E-state index in [9.17, 15) is 4.21 Å². The first kappa shape index (κ1) is 14.5. The summed E-state index contributed by atoms with van der Waals surface area (Å²) in [5.74, 6) is 2.49. The molecule has 106 valence electrons. The highest BCUT2D eigenvalue weighted by Crippen LogP contribution is 2.21. The van der Waals surface area contributed by atoms with E-state index in [1.54, 1.807) is 0 Å². The smallest absolute Gasteiger partial charge is 0.158 e.